The predicted octanol–water partition coefficient (Wildman–Crippen LogP) is 7.05. The highest BCUT2D eigenvalue weighted by molar-refractivity contribution is 8.29. The average Bonchev–Trinajstić information content (AvgIpc) is 2.51. The van der Waals surface area contributed by atoms with Crippen LogP contribution in [0, 0.1) is 0 Å². The molecule has 0 saturated heterocycles. The molecule has 142 valence electrons. The second-order valence-corrected chi connectivity index (χ2v) is 18.1. The van der Waals surface area contributed by atoms with Crippen LogP contribution in [0.4, 0.5) is 0 Å². The van der Waals surface area contributed by atoms with Crippen molar-refractivity contribution in [2.75, 3.05) is 0 Å². The van der Waals surface area contributed by atoms with Gasteiger partial charge in [-0.2, -0.15) is 0 Å². The van der Waals surface area contributed by atoms with Crippen molar-refractivity contribution in [1.82, 2.24) is 0 Å². The molecular formula is C17H25Cl3O2S2Si. The van der Waals surface area contributed by atoms with Crippen molar-refractivity contribution in [3.8, 4) is 0 Å². The minimum atomic E-state index is -3.35. The fourth-order valence-corrected chi connectivity index (χ4v) is 5.53. The van der Waals surface area contributed by atoms with Crippen molar-refractivity contribution in [2.24, 2.45) is 0 Å². The lowest BCUT2D eigenvalue weighted by Gasteiger charge is -2.06. The molecule has 2 nitrogen and oxygen atoms in total. The first-order valence-corrected chi connectivity index (χ1v) is 16.2. The Morgan fingerprint density at radius 2 is 1.56 bits per heavy atom. The molecule has 1 rings (SSSR count). The second kappa shape index (κ2) is 12.0. The Bertz CT molecular complexity index is 644. The highest BCUT2D eigenvalue weighted by atomic mass is 35.8. The lowest BCUT2D eigenvalue weighted by atomic mass is 10.1. The third kappa shape index (κ3) is 11.6. The predicted molar refractivity (Wildman–Crippen MR) is 117 cm³/mol. The fourth-order valence-electron chi connectivity index (χ4n) is 2.53. The summed E-state index contributed by atoms with van der Waals surface area (Å²) >= 11 is 22.2. The second-order valence-electron chi connectivity index (χ2n) is 6.04. The summed E-state index contributed by atoms with van der Waals surface area (Å²) in [7, 11) is -3.35. The minimum Gasteiger partial charge on any atom is -0.302 e. The quantitative estimate of drug-likeness (QED) is 0.206. The monoisotopic (exact) mass is 458 g/mol. The Labute approximate surface area is 171 Å². The van der Waals surface area contributed by atoms with Crippen LogP contribution in [0.25, 0.3) is 6.08 Å². The van der Waals surface area contributed by atoms with Crippen molar-refractivity contribution in [1.29, 1.82) is 0 Å². The van der Waals surface area contributed by atoms with E-state index in [1.54, 1.807) is 12.1 Å². The van der Waals surface area contributed by atoms with E-state index in [4.69, 9.17) is 33.2 Å². The zero-order valence-electron chi connectivity index (χ0n) is 14.1. The smallest absolute Gasteiger partial charge is 0.302 e. The summed E-state index contributed by atoms with van der Waals surface area (Å²) in [5, 5.41) is 0. The molecule has 0 fully saturated rings. The van der Waals surface area contributed by atoms with Crippen LogP contribution in [0.1, 0.15) is 56.9 Å². The van der Waals surface area contributed by atoms with Crippen molar-refractivity contribution < 1.29 is 8.76 Å². The van der Waals surface area contributed by atoms with Gasteiger partial charge in [0.15, 0.2) is 8.77 Å². The molecule has 8 heteroatoms. The van der Waals surface area contributed by atoms with E-state index in [1.165, 1.54) is 25.7 Å². The fraction of sp³-hybridized carbons (Fsp3) is 0.529. The van der Waals surface area contributed by atoms with Crippen molar-refractivity contribution >= 4 is 65.3 Å². The van der Waals surface area contributed by atoms with Crippen LogP contribution in [0.5, 0.6) is 0 Å². The number of allylic oxidation sites excluding steroid dienone is 1. The molecule has 1 unspecified atom stereocenters. The summed E-state index contributed by atoms with van der Waals surface area (Å²) in [5.74, 6) is 0. The summed E-state index contributed by atoms with van der Waals surface area (Å²) in [5.41, 5.74) is 0.725. The maximum absolute atomic E-state index is 11.7. The first-order chi connectivity index (χ1) is 11.7. The topological polar surface area (TPSA) is 37.3 Å². The normalized spacial score (nSPS) is 14.7. The van der Waals surface area contributed by atoms with Gasteiger partial charge in [0, 0.05) is 11.2 Å². The number of unbranched alkanes of at least 4 members (excludes halogenated alkanes) is 7. The highest BCUT2D eigenvalue weighted by Crippen LogP contribution is 2.27. The lowest BCUT2D eigenvalue weighted by molar-refractivity contribution is 0.561. The summed E-state index contributed by atoms with van der Waals surface area (Å²) < 4.78 is 21.2. The van der Waals surface area contributed by atoms with E-state index in [0.717, 1.165) is 37.3 Å². The molecule has 25 heavy (non-hydrogen) atoms. The van der Waals surface area contributed by atoms with Crippen LogP contribution in [0.2, 0.25) is 6.04 Å². The Morgan fingerprint density at radius 3 is 2.16 bits per heavy atom. The summed E-state index contributed by atoms with van der Waals surface area (Å²) in [4.78, 5) is 0.319. The maximum Gasteiger partial charge on any atom is 0.341 e. The lowest BCUT2D eigenvalue weighted by Crippen LogP contribution is -2.07. The molecule has 0 heterocycles. The molecule has 1 N–H and O–H groups in total. The van der Waals surface area contributed by atoms with Gasteiger partial charge in [-0.05, 0) is 30.5 Å². The summed E-state index contributed by atoms with van der Waals surface area (Å²) in [6.07, 6.45) is 13.0. The zero-order valence-corrected chi connectivity index (χ0v) is 19.0. The molecule has 0 aliphatic heterocycles. The van der Waals surface area contributed by atoms with Gasteiger partial charge < -0.3 is 4.55 Å². The minimum absolute atomic E-state index is 0.319. The maximum atomic E-state index is 11.7. The number of hydrogen-bond donors (Lipinski definition) is 1. The Morgan fingerprint density at radius 1 is 1.00 bits per heavy atom. The van der Waals surface area contributed by atoms with Gasteiger partial charge in [0.05, 0.1) is 4.90 Å². The van der Waals surface area contributed by atoms with Gasteiger partial charge in [-0.15, -0.1) is 33.2 Å². The molecule has 0 aromatic heterocycles. The molecular weight excluding hydrogens is 435 g/mol. The van der Waals surface area contributed by atoms with E-state index in [9.17, 15) is 8.76 Å². The highest BCUT2D eigenvalue weighted by Gasteiger charge is 2.23. The zero-order chi connectivity index (χ0) is 18.8. The Kier molecular flexibility index (Phi) is 11.2. The Balaban J connectivity index is 2.16. The van der Waals surface area contributed by atoms with E-state index in [1.807, 2.05) is 24.3 Å². The first kappa shape index (κ1) is 23.4. The third-order valence-corrected chi connectivity index (χ3v) is 7.91. The van der Waals surface area contributed by atoms with E-state index in [-0.39, 0.29) is 0 Å². The van der Waals surface area contributed by atoms with E-state index in [0.29, 0.717) is 4.90 Å². The standard InChI is InChI=1S/C17H25Cl3O2S2Si/c18-25(19,20)15-11-7-5-3-1-2-4-6-8-12-16-13-9-10-14-17(16)24(21,22)23/h8-10,12-14H,1-7,11,15H2,(H,21,22,23)/b12-8+. The number of halogens is 3. The first-order valence-electron chi connectivity index (χ1n) is 8.50. The van der Waals surface area contributed by atoms with Crippen LogP contribution in [0.3, 0.4) is 0 Å². The van der Waals surface area contributed by atoms with Crippen LogP contribution >= 0.6 is 33.2 Å². The molecule has 0 spiro atoms. The molecule has 1 aromatic rings. The molecule has 0 aliphatic rings. The molecule has 0 saturated carbocycles. The van der Waals surface area contributed by atoms with Crippen LogP contribution in [0.15, 0.2) is 35.2 Å². The summed E-state index contributed by atoms with van der Waals surface area (Å²) in [6.45, 7) is 0. The van der Waals surface area contributed by atoms with Gasteiger partial charge in [-0.25, -0.2) is 4.21 Å². The molecule has 0 bridgehead atoms. The van der Waals surface area contributed by atoms with E-state index >= 15 is 0 Å². The van der Waals surface area contributed by atoms with Crippen LogP contribution in [-0.2, 0) is 20.0 Å². The van der Waals surface area contributed by atoms with Gasteiger partial charge in [0.2, 0.25) is 0 Å². The Hall–Kier alpha value is 0.377. The van der Waals surface area contributed by atoms with Crippen molar-refractivity contribution in [2.45, 2.75) is 62.3 Å². The van der Waals surface area contributed by atoms with Gasteiger partial charge >= 0.3 is 6.00 Å². The SMILES string of the molecule is O=S(O)(=S)c1ccccc1/C=C/CCCCCCCCC[Si](Cl)(Cl)Cl. The molecule has 1 aromatic carbocycles. The van der Waals surface area contributed by atoms with Crippen molar-refractivity contribution in [3.63, 3.8) is 0 Å². The average molecular weight is 460 g/mol. The van der Waals surface area contributed by atoms with Crippen molar-refractivity contribution in [3.05, 3.63) is 35.9 Å². The van der Waals surface area contributed by atoms with Gasteiger partial charge in [0.1, 0.15) is 0 Å². The molecule has 1 atom stereocenters. The van der Waals surface area contributed by atoms with Gasteiger partial charge in [-0.3, -0.25) is 0 Å². The third-order valence-electron chi connectivity index (χ3n) is 3.83. The van der Waals surface area contributed by atoms with E-state index < -0.39 is 14.8 Å². The van der Waals surface area contributed by atoms with E-state index in [2.05, 4.69) is 11.2 Å². The number of hydrogen-bond acceptors (Lipinski definition) is 2. The summed E-state index contributed by atoms with van der Waals surface area (Å²) in [6, 6.07) is 5.33. The van der Waals surface area contributed by atoms with Crippen LogP contribution in [-0.4, -0.2) is 14.8 Å². The number of rotatable bonds is 12. The van der Waals surface area contributed by atoms with Crippen LogP contribution < -0.4 is 0 Å². The largest absolute Gasteiger partial charge is 0.341 e. The van der Waals surface area contributed by atoms with Gasteiger partial charge in [-0.1, -0.05) is 68.9 Å². The van der Waals surface area contributed by atoms with Gasteiger partial charge in [0.25, 0.3) is 0 Å². The molecule has 0 amide bonds. The molecule has 0 aliphatic carbocycles. The molecule has 0 radical (unpaired) electrons. The number of benzene rings is 1.